The summed E-state index contributed by atoms with van der Waals surface area (Å²) in [6, 6.07) is 4.12. The van der Waals surface area contributed by atoms with Crippen molar-refractivity contribution in [2.75, 3.05) is 18.5 Å². The second-order valence-electron chi connectivity index (χ2n) is 3.95. The second kappa shape index (κ2) is 7.21. The SMILES string of the molecule is CCOC(=O)/C=C/CNc1c(C)cc(Br)cc1C. The van der Waals surface area contributed by atoms with Gasteiger partial charge in [0.15, 0.2) is 0 Å². The molecule has 0 aliphatic heterocycles. The molecule has 4 heteroatoms. The largest absolute Gasteiger partial charge is 0.463 e. The van der Waals surface area contributed by atoms with E-state index in [1.54, 1.807) is 13.0 Å². The van der Waals surface area contributed by atoms with Crippen molar-refractivity contribution in [2.45, 2.75) is 20.8 Å². The second-order valence-corrected chi connectivity index (χ2v) is 4.87. The minimum absolute atomic E-state index is 0.302. The van der Waals surface area contributed by atoms with Crippen LogP contribution in [-0.4, -0.2) is 19.1 Å². The quantitative estimate of drug-likeness (QED) is 0.667. The highest BCUT2D eigenvalue weighted by Gasteiger charge is 2.02. The summed E-state index contributed by atoms with van der Waals surface area (Å²) in [4.78, 5) is 11.1. The van der Waals surface area contributed by atoms with Crippen LogP contribution in [0.3, 0.4) is 0 Å². The van der Waals surface area contributed by atoms with Crippen LogP contribution in [0.4, 0.5) is 5.69 Å². The van der Waals surface area contributed by atoms with Crippen molar-refractivity contribution < 1.29 is 9.53 Å². The number of ether oxygens (including phenoxy) is 1. The van der Waals surface area contributed by atoms with Crippen molar-refractivity contribution in [1.82, 2.24) is 0 Å². The number of nitrogens with one attached hydrogen (secondary N) is 1. The third kappa shape index (κ3) is 4.53. The van der Waals surface area contributed by atoms with Crippen LogP contribution in [0, 0.1) is 13.8 Å². The minimum Gasteiger partial charge on any atom is -0.463 e. The first kappa shape index (κ1) is 14.8. The lowest BCUT2D eigenvalue weighted by molar-refractivity contribution is -0.137. The van der Waals surface area contributed by atoms with Gasteiger partial charge in [0.1, 0.15) is 0 Å². The molecular formula is C14H18BrNO2. The maximum atomic E-state index is 11.1. The number of hydrogen-bond acceptors (Lipinski definition) is 3. The molecule has 0 aliphatic carbocycles. The Kier molecular flexibility index (Phi) is 5.92. The van der Waals surface area contributed by atoms with E-state index in [9.17, 15) is 4.79 Å². The molecule has 1 rings (SSSR count). The molecule has 1 N–H and O–H groups in total. The third-order valence-electron chi connectivity index (χ3n) is 2.43. The Hall–Kier alpha value is -1.29. The lowest BCUT2D eigenvalue weighted by Gasteiger charge is -2.11. The lowest BCUT2D eigenvalue weighted by atomic mass is 10.1. The van der Waals surface area contributed by atoms with Gasteiger partial charge in [0.25, 0.3) is 0 Å². The van der Waals surface area contributed by atoms with Crippen LogP contribution in [0.25, 0.3) is 0 Å². The van der Waals surface area contributed by atoms with Crippen molar-refractivity contribution in [2.24, 2.45) is 0 Å². The normalized spacial score (nSPS) is 10.7. The number of esters is 1. The topological polar surface area (TPSA) is 38.3 Å². The Morgan fingerprint density at radius 1 is 1.39 bits per heavy atom. The maximum absolute atomic E-state index is 11.1. The summed E-state index contributed by atoms with van der Waals surface area (Å²) >= 11 is 3.46. The zero-order chi connectivity index (χ0) is 13.5. The number of anilines is 1. The fourth-order valence-electron chi connectivity index (χ4n) is 1.70. The number of aryl methyl sites for hydroxylation is 2. The molecule has 0 radical (unpaired) electrons. The van der Waals surface area contributed by atoms with Gasteiger partial charge in [0, 0.05) is 22.8 Å². The fourth-order valence-corrected chi connectivity index (χ4v) is 2.38. The van der Waals surface area contributed by atoms with Gasteiger partial charge in [0.2, 0.25) is 0 Å². The van der Waals surface area contributed by atoms with Gasteiger partial charge >= 0.3 is 5.97 Å². The predicted molar refractivity (Wildman–Crippen MR) is 77.9 cm³/mol. The number of carbonyl (C=O) groups is 1. The van der Waals surface area contributed by atoms with Crippen LogP contribution in [0.2, 0.25) is 0 Å². The molecule has 0 heterocycles. The minimum atomic E-state index is -0.302. The number of carbonyl (C=O) groups excluding carboxylic acids is 1. The van der Waals surface area contributed by atoms with E-state index in [0.29, 0.717) is 13.2 Å². The average molecular weight is 312 g/mol. The van der Waals surface area contributed by atoms with Gasteiger partial charge in [-0.3, -0.25) is 0 Å². The summed E-state index contributed by atoms with van der Waals surface area (Å²) in [5, 5.41) is 3.29. The first-order valence-electron chi connectivity index (χ1n) is 5.88. The van der Waals surface area contributed by atoms with Gasteiger partial charge in [0.05, 0.1) is 6.61 Å². The smallest absolute Gasteiger partial charge is 0.330 e. The highest BCUT2D eigenvalue weighted by molar-refractivity contribution is 9.10. The monoisotopic (exact) mass is 311 g/mol. The summed E-state index contributed by atoms with van der Waals surface area (Å²) in [6.45, 7) is 6.90. The van der Waals surface area contributed by atoms with E-state index in [0.717, 1.165) is 10.2 Å². The Morgan fingerprint density at radius 3 is 2.56 bits per heavy atom. The van der Waals surface area contributed by atoms with Gasteiger partial charge in [-0.05, 0) is 44.0 Å². The molecule has 0 bridgehead atoms. The zero-order valence-electron chi connectivity index (χ0n) is 10.9. The van der Waals surface area contributed by atoms with Gasteiger partial charge < -0.3 is 10.1 Å². The van der Waals surface area contributed by atoms with Crippen LogP contribution in [0.5, 0.6) is 0 Å². The Balaban J connectivity index is 2.57. The molecule has 1 aromatic rings. The van der Waals surface area contributed by atoms with Crippen LogP contribution in [0.1, 0.15) is 18.1 Å². The number of rotatable bonds is 5. The van der Waals surface area contributed by atoms with E-state index >= 15 is 0 Å². The average Bonchev–Trinajstić information content (AvgIpc) is 2.27. The molecule has 0 aliphatic rings. The molecular weight excluding hydrogens is 294 g/mol. The summed E-state index contributed by atoms with van der Waals surface area (Å²) in [5.41, 5.74) is 3.45. The lowest BCUT2D eigenvalue weighted by Crippen LogP contribution is -2.04. The molecule has 0 unspecified atom stereocenters. The van der Waals surface area contributed by atoms with Crippen LogP contribution in [-0.2, 0) is 9.53 Å². The van der Waals surface area contributed by atoms with E-state index in [2.05, 4.69) is 47.2 Å². The zero-order valence-corrected chi connectivity index (χ0v) is 12.5. The molecule has 0 spiro atoms. The fraction of sp³-hybridized carbons (Fsp3) is 0.357. The number of benzene rings is 1. The van der Waals surface area contributed by atoms with Gasteiger partial charge in [-0.25, -0.2) is 4.79 Å². The Labute approximate surface area is 116 Å². The van der Waals surface area contributed by atoms with Crippen molar-refractivity contribution in [3.05, 3.63) is 39.9 Å². The van der Waals surface area contributed by atoms with Crippen LogP contribution < -0.4 is 5.32 Å². The highest BCUT2D eigenvalue weighted by Crippen LogP contribution is 2.24. The molecule has 0 saturated heterocycles. The number of hydrogen-bond donors (Lipinski definition) is 1. The molecule has 0 atom stereocenters. The molecule has 98 valence electrons. The van der Waals surface area contributed by atoms with Gasteiger partial charge in [-0.15, -0.1) is 0 Å². The van der Waals surface area contributed by atoms with Gasteiger partial charge in [-0.1, -0.05) is 22.0 Å². The molecule has 3 nitrogen and oxygen atoms in total. The van der Waals surface area contributed by atoms with Crippen molar-refractivity contribution in [3.63, 3.8) is 0 Å². The van der Waals surface area contributed by atoms with Crippen molar-refractivity contribution in [1.29, 1.82) is 0 Å². The highest BCUT2D eigenvalue weighted by atomic mass is 79.9. The summed E-state index contributed by atoms with van der Waals surface area (Å²) in [7, 11) is 0. The molecule has 0 saturated carbocycles. The Bertz CT molecular complexity index is 432. The van der Waals surface area contributed by atoms with Crippen LogP contribution in [0.15, 0.2) is 28.8 Å². The molecule has 1 aromatic carbocycles. The first-order chi connectivity index (χ1) is 8.54. The molecule has 18 heavy (non-hydrogen) atoms. The van der Waals surface area contributed by atoms with E-state index in [4.69, 9.17) is 4.74 Å². The summed E-state index contributed by atoms with van der Waals surface area (Å²) in [5.74, 6) is -0.302. The standard InChI is InChI=1S/C14H18BrNO2/c1-4-18-13(17)6-5-7-16-14-10(2)8-12(15)9-11(14)3/h5-6,8-9,16H,4,7H2,1-3H3/b6-5+. The van der Waals surface area contributed by atoms with E-state index in [1.807, 2.05) is 0 Å². The molecule has 0 amide bonds. The van der Waals surface area contributed by atoms with E-state index in [-0.39, 0.29) is 5.97 Å². The predicted octanol–water partition coefficient (Wildman–Crippen LogP) is 3.60. The van der Waals surface area contributed by atoms with Crippen molar-refractivity contribution in [3.8, 4) is 0 Å². The van der Waals surface area contributed by atoms with Crippen molar-refractivity contribution >= 4 is 27.6 Å². The Morgan fingerprint density at radius 2 is 2.00 bits per heavy atom. The maximum Gasteiger partial charge on any atom is 0.330 e. The summed E-state index contributed by atoms with van der Waals surface area (Å²) in [6.07, 6.45) is 3.21. The van der Waals surface area contributed by atoms with Gasteiger partial charge in [-0.2, -0.15) is 0 Å². The van der Waals surface area contributed by atoms with Crippen LogP contribution >= 0.6 is 15.9 Å². The molecule has 0 fully saturated rings. The summed E-state index contributed by atoms with van der Waals surface area (Å²) < 4.78 is 5.87. The molecule has 0 aromatic heterocycles. The third-order valence-corrected chi connectivity index (χ3v) is 2.89. The van der Waals surface area contributed by atoms with E-state index in [1.165, 1.54) is 17.2 Å². The number of halogens is 1. The van der Waals surface area contributed by atoms with E-state index < -0.39 is 0 Å². The first-order valence-corrected chi connectivity index (χ1v) is 6.67.